The van der Waals surface area contributed by atoms with Crippen LogP contribution in [0.3, 0.4) is 0 Å². The number of benzene rings is 1. The van der Waals surface area contributed by atoms with Crippen LogP contribution in [0.2, 0.25) is 0 Å². The molecule has 1 aromatic rings. The molecule has 4 heteroatoms. The van der Waals surface area contributed by atoms with Gasteiger partial charge in [-0.15, -0.1) is 0 Å². The number of hydrogen-bond donors (Lipinski definition) is 0. The maximum absolute atomic E-state index is 10.6. The Balaban J connectivity index is 3.20. The van der Waals surface area contributed by atoms with Crippen LogP contribution in [0.5, 0.6) is 0 Å². The van der Waals surface area contributed by atoms with Crippen molar-refractivity contribution in [2.24, 2.45) is 0 Å². The maximum atomic E-state index is 10.6. The third-order valence-electron chi connectivity index (χ3n) is 1.70. The van der Waals surface area contributed by atoms with Crippen molar-refractivity contribution in [1.29, 1.82) is 0 Å². The molecule has 0 aromatic heterocycles. The van der Waals surface area contributed by atoms with Gasteiger partial charge >= 0.3 is 0 Å². The van der Waals surface area contributed by atoms with Gasteiger partial charge in [0, 0.05) is 6.07 Å². The molecule has 0 unspecified atom stereocenters. The lowest BCUT2D eigenvalue weighted by molar-refractivity contribution is -0.385. The summed E-state index contributed by atoms with van der Waals surface area (Å²) >= 11 is 0. The standard InChI is InChI=1S/C10H9NO3/c1-8(7-12)6-9-4-2-3-5-10(9)11(13)14/h2-7H,1H3/b8-6-. The minimum Gasteiger partial charge on any atom is -0.298 e. The normalized spacial score (nSPS) is 11.1. The molecule has 0 spiro atoms. The van der Waals surface area contributed by atoms with E-state index >= 15 is 0 Å². The van der Waals surface area contributed by atoms with Crippen molar-refractivity contribution < 1.29 is 9.72 Å². The van der Waals surface area contributed by atoms with E-state index in [1.54, 1.807) is 25.1 Å². The third-order valence-corrected chi connectivity index (χ3v) is 1.70. The van der Waals surface area contributed by atoms with Gasteiger partial charge < -0.3 is 0 Å². The Morgan fingerprint density at radius 1 is 1.43 bits per heavy atom. The first-order valence-electron chi connectivity index (χ1n) is 4.02. The highest BCUT2D eigenvalue weighted by molar-refractivity contribution is 5.82. The number of nitro benzene ring substituents is 1. The quantitative estimate of drug-likeness (QED) is 0.318. The summed E-state index contributed by atoms with van der Waals surface area (Å²) in [6.45, 7) is 1.60. The molecular weight excluding hydrogens is 182 g/mol. The Morgan fingerprint density at radius 3 is 2.64 bits per heavy atom. The number of aldehydes is 1. The van der Waals surface area contributed by atoms with Crippen molar-refractivity contribution in [3.8, 4) is 0 Å². The SMILES string of the molecule is C/C(C=O)=C/c1ccccc1[N+](=O)[O-]. The van der Waals surface area contributed by atoms with E-state index in [4.69, 9.17) is 0 Å². The first kappa shape index (κ1) is 10.1. The van der Waals surface area contributed by atoms with Gasteiger partial charge in [0.25, 0.3) is 5.69 Å². The van der Waals surface area contributed by atoms with Crippen molar-refractivity contribution in [2.75, 3.05) is 0 Å². The lowest BCUT2D eigenvalue weighted by Crippen LogP contribution is -1.91. The van der Waals surface area contributed by atoms with Gasteiger partial charge in [-0.3, -0.25) is 14.9 Å². The Hall–Kier alpha value is -1.97. The molecule has 0 saturated heterocycles. The smallest absolute Gasteiger partial charge is 0.276 e. The summed E-state index contributed by atoms with van der Waals surface area (Å²) in [5.41, 5.74) is 0.912. The van der Waals surface area contributed by atoms with Crippen LogP contribution < -0.4 is 0 Å². The van der Waals surface area contributed by atoms with Crippen LogP contribution in [0.25, 0.3) is 6.08 Å². The van der Waals surface area contributed by atoms with Gasteiger partial charge in [0.2, 0.25) is 0 Å². The Kier molecular flexibility index (Phi) is 3.12. The third kappa shape index (κ3) is 2.26. The van der Waals surface area contributed by atoms with Gasteiger partial charge in [-0.1, -0.05) is 12.1 Å². The average Bonchev–Trinajstić information content (AvgIpc) is 2.18. The van der Waals surface area contributed by atoms with E-state index in [2.05, 4.69) is 0 Å². The molecule has 0 fully saturated rings. The van der Waals surface area contributed by atoms with Crippen LogP contribution in [0.1, 0.15) is 12.5 Å². The number of allylic oxidation sites excluding steroid dienone is 1. The molecule has 4 nitrogen and oxygen atoms in total. The summed E-state index contributed by atoms with van der Waals surface area (Å²) in [5.74, 6) is 0. The number of nitro groups is 1. The Labute approximate surface area is 81.0 Å². The number of carbonyl (C=O) groups excluding carboxylic acids is 1. The van der Waals surface area contributed by atoms with E-state index in [0.29, 0.717) is 17.4 Å². The van der Waals surface area contributed by atoms with E-state index in [1.165, 1.54) is 12.1 Å². The van der Waals surface area contributed by atoms with E-state index < -0.39 is 4.92 Å². The van der Waals surface area contributed by atoms with Crippen LogP contribution in [0.4, 0.5) is 5.69 Å². The molecule has 0 N–H and O–H groups in total. The van der Waals surface area contributed by atoms with Gasteiger partial charge in [0.15, 0.2) is 0 Å². The van der Waals surface area contributed by atoms with Crippen LogP contribution >= 0.6 is 0 Å². The predicted molar refractivity (Wildman–Crippen MR) is 52.8 cm³/mol. The lowest BCUT2D eigenvalue weighted by atomic mass is 10.1. The van der Waals surface area contributed by atoms with Crippen molar-refractivity contribution >= 4 is 18.0 Å². The number of hydrogen-bond acceptors (Lipinski definition) is 3. The first-order chi connectivity index (χ1) is 6.65. The highest BCUT2D eigenvalue weighted by atomic mass is 16.6. The minimum atomic E-state index is -0.468. The van der Waals surface area contributed by atoms with E-state index in [1.807, 2.05) is 0 Å². The molecule has 72 valence electrons. The fourth-order valence-electron chi connectivity index (χ4n) is 1.06. The van der Waals surface area contributed by atoms with Gasteiger partial charge in [0.05, 0.1) is 10.5 Å². The molecular formula is C10H9NO3. The Morgan fingerprint density at radius 2 is 2.07 bits per heavy atom. The summed E-state index contributed by atoms with van der Waals surface area (Å²) in [6, 6.07) is 6.29. The van der Waals surface area contributed by atoms with Crippen LogP contribution in [0, 0.1) is 10.1 Å². The minimum absolute atomic E-state index is 0.00806. The van der Waals surface area contributed by atoms with E-state index in [0.717, 1.165) is 0 Å². The molecule has 1 aromatic carbocycles. The summed E-state index contributed by atoms with van der Waals surface area (Å²) < 4.78 is 0. The molecule has 0 atom stereocenters. The molecule has 0 saturated carbocycles. The molecule has 0 radical (unpaired) electrons. The lowest BCUT2D eigenvalue weighted by Gasteiger charge is -1.96. The van der Waals surface area contributed by atoms with E-state index in [-0.39, 0.29) is 5.69 Å². The largest absolute Gasteiger partial charge is 0.298 e. The van der Waals surface area contributed by atoms with E-state index in [9.17, 15) is 14.9 Å². The summed E-state index contributed by atoms with van der Waals surface area (Å²) in [7, 11) is 0. The number of para-hydroxylation sites is 1. The molecule has 0 aliphatic heterocycles. The molecule has 0 aliphatic rings. The van der Waals surface area contributed by atoms with Crippen molar-refractivity contribution in [2.45, 2.75) is 6.92 Å². The number of rotatable bonds is 3. The topological polar surface area (TPSA) is 60.2 Å². The monoisotopic (exact) mass is 191 g/mol. The molecule has 0 heterocycles. The zero-order chi connectivity index (χ0) is 10.6. The van der Waals surface area contributed by atoms with Crippen LogP contribution in [0.15, 0.2) is 29.8 Å². The first-order valence-corrected chi connectivity index (χ1v) is 4.02. The van der Waals surface area contributed by atoms with Gasteiger partial charge in [-0.25, -0.2) is 0 Å². The number of nitrogens with zero attached hydrogens (tertiary/aromatic N) is 1. The fourth-order valence-corrected chi connectivity index (χ4v) is 1.06. The number of carbonyl (C=O) groups is 1. The zero-order valence-corrected chi connectivity index (χ0v) is 7.64. The van der Waals surface area contributed by atoms with Gasteiger partial charge in [-0.2, -0.15) is 0 Å². The Bertz CT molecular complexity index is 396. The molecule has 14 heavy (non-hydrogen) atoms. The predicted octanol–water partition coefficient (Wildman–Crippen LogP) is 2.20. The summed E-state index contributed by atoms with van der Waals surface area (Å²) in [6.07, 6.45) is 2.15. The van der Waals surface area contributed by atoms with Crippen LogP contribution in [-0.4, -0.2) is 11.2 Å². The second-order valence-electron chi connectivity index (χ2n) is 2.82. The maximum Gasteiger partial charge on any atom is 0.276 e. The zero-order valence-electron chi connectivity index (χ0n) is 7.64. The van der Waals surface area contributed by atoms with Crippen molar-refractivity contribution in [1.82, 2.24) is 0 Å². The summed E-state index contributed by atoms with van der Waals surface area (Å²) in [5, 5.41) is 10.6. The molecule has 0 bridgehead atoms. The van der Waals surface area contributed by atoms with Gasteiger partial charge in [-0.05, 0) is 24.6 Å². The second-order valence-corrected chi connectivity index (χ2v) is 2.82. The van der Waals surface area contributed by atoms with Crippen molar-refractivity contribution in [3.63, 3.8) is 0 Å². The molecule has 0 aliphatic carbocycles. The highest BCUT2D eigenvalue weighted by Gasteiger charge is 2.09. The van der Waals surface area contributed by atoms with Crippen LogP contribution in [-0.2, 0) is 4.79 Å². The van der Waals surface area contributed by atoms with Gasteiger partial charge in [0.1, 0.15) is 6.29 Å². The summed E-state index contributed by atoms with van der Waals surface area (Å²) in [4.78, 5) is 20.5. The average molecular weight is 191 g/mol. The fraction of sp³-hybridized carbons (Fsp3) is 0.100. The second kappa shape index (κ2) is 4.32. The molecule has 1 rings (SSSR count). The highest BCUT2D eigenvalue weighted by Crippen LogP contribution is 2.19. The van der Waals surface area contributed by atoms with Crippen molar-refractivity contribution in [3.05, 3.63) is 45.5 Å². The molecule has 0 amide bonds.